The number of hydrogen-bond donors (Lipinski definition) is 2. The molecule has 3 aromatic rings. The maximum Gasteiger partial charge on any atom is 0.261 e. The molecule has 144 valence electrons. The highest BCUT2D eigenvalue weighted by Gasteiger charge is 2.20. The first-order valence-corrected chi connectivity index (χ1v) is 9.70. The lowest BCUT2D eigenvalue weighted by atomic mass is 10.1. The summed E-state index contributed by atoms with van der Waals surface area (Å²) >= 11 is 0. The highest BCUT2D eigenvalue weighted by Crippen LogP contribution is 2.23. The van der Waals surface area contributed by atoms with E-state index in [1.165, 1.54) is 42.5 Å². The van der Waals surface area contributed by atoms with Crippen LogP contribution >= 0.6 is 0 Å². The van der Waals surface area contributed by atoms with Gasteiger partial charge in [0.1, 0.15) is 17.3 Å². The Morgan fingerprint density at radius 3 is 2.11 bits per heavy atom. The first-order valence-electron chi connectivity index (χ1n) is 8.22. The van der Waals surface area contributed by atoms with Crippen molar-refractivity contribution in [2.24, 2.45) is 0 Å². The highest BCUT2D eigenvalue weighted by molar-refractivity contribution is 7.92. The molecule has 5 nitrogen and oxygen atoms in total. The van der Waals surface area contributed by atoms with Crippen molar-refractivity contribution in [2.75, 3.05) is 10.0 Å². The molecule has 0 saturated carbocycles. The molecule has 0 spiro atoms. The molecule has 0 aliphatic heterocycles. The Kier molecular flexibility index (Phi) is 5.41. The zero-order chi connectivity index (χ0) is 20.3. The van der Waals surface area contributed by atoms with Gasteiger partial charge in [-0.05, 0) is 43.3 Å². The van der Waals surface area contributed by atoms with Crippen LogP contribution < -0.4 is 10.0 Å². The molecule has 0 unspecified atom stereocenters. The van der Waals surface area contributed by atoms with Gasteiger partial charge in [0.25, 0.3) is 15.9 Å². The van der Waals surface area contributed by atoms with Crippen molar-refractivity contribution in [3.8, 4) is 0 Å². The van der Waals surface area contributed by atoms with E-state index >= 15 is 0 Å². The Bertz CT molecular complexity index is 1110. The number of nitrogens with one attached hydrogen (secondary N) is 2. The van der Waals surface area contributed by atoms with Gasteiger partial charge in [-0.15, -0.1) is 0 Å². The molecule has 0 aromatic heterocycles. The van der Waals surface area contributed by atoms with Gasteiger partial charge >= 0.3 is 0 Å². The van der Waals surface area contributed by atoms with Crippen molar-refractivity contribution in [3.05, 3.63) is 89.5 Å². The third-order valence-corrected chi connectivity index (χ3v) is 5.33. The van der Waals surface area contributed by atoms with Gasteiger partial charge in [-0.1, -0.05) is 35.9 Å². The zero-order valence-corrected chi connectivity index (χ0v) is 15.6. The largest absolute Gasteiger partial charge is 0.317 e. The van der Waals surface area contributed by atoms with E-state index in [4.69, 9.17) is 0 Å². The van der Waals surface area contributed by atoms with Gasteiger partial charge < -0.3 is 5.32 Å². The summed E-state index contributed by atoms with van der Waals surface area (Å²) in [6, 6.07) is 15.1. The van der Waals surface area contributed by atoms with E-state index in [-0.39, 0.29) is 16.1 Å². The van der Waals surface area contributed by atoms with Gasteiger partial charge in [0.15, 0.2) is 0 Å². The van der Waals surface area contributed by atoms with E-state index in [1.807, 2.05) is 6.92 Å². The van der Waals surface area contributed by atoms with E-state index in [2.05, 4.69) is 10.0 Å². The average Bonchev–Trinajstić information content (AvgIpc) is 2.65. The van der Waals surface area contributed by atoms with E-state index in [9.17, 15) is 22.0 Å². The molecule has 0 bridgehead atoms. The number of rotatable bonds is 5. The molecule has 8 heteroatoms. The minimum atomic E-state index is -3.95. The lowest BCUT2D eigenvalue weighted by Crippen LogP contribution is -2.19. The van der Waals surface area contributed by atoms with Gasteiger partial charge in [-0.25, -0.2) is 17.2 Å². The quantitative estimate of drug-likeness (QED) is 0.667. The van der Waals surface area contributed by atoms with Crippen LogP contribution in [0.15, 0.2) is 71.6 Å². The number of carbonyl (C=O) groups is 1. The number of sulfonamides is 1. The smallest absolute Gasteiger partial charge is 0.261 e. The first kappa shape index (κ1) is 19.5. The number of benzene rings is 3. The number of carbonyl (C=O) groups excluding carboxylic acids is 1. The van der Waals surface area contributed by atoms with Gasteiger partial charge in [0.05, 0.1) is 16.1 Å². The topological polar surface area (TPSA) is 75.3 Å². The lowest BCUT2D eigenvalue weighted by molar-refractivity contribution is 0.102. The standard InChI is InChI=1S/C20H16F2N2O3S/c1-13-9-11-14(12-10-13)28(26,27)24-18-8-3-2-5-15(18)20(25)23-19-16(21)6-4-7-17(19)22/h2-12,24H,1H3,(H,23,25). The van der Waals surface area contributed by atoms with Crippen molar-refractivity contribution < 1.29 is 22.0 Å². The van der Waals surface area contributed by atoms with E-state index in [0.717, 1.165) is 17.7 Å². The maximum absolute atomic E-state index is 13.8. The van der Waals surface area contributed by atoms with Crippen LogP contribution in [0.1, 0.15) is 15.9 Å². The number of hydrogen-bond acceptors (Lipinski definition) is 3. The number of anilines is 2. The molecule has 0 saturated heterocycles. The lowest BCUT2D eigenvalue weighted by Gasteiger charge is -2.13. The first-order chi connectivity index (χ1) is 13.3. The molecule has 0 heterocycles. The van der Waals surface area contributed by atoms with Gasteiger partial charge in [-0.2, -0.15) is 0 Å². The number of halogens is 2. The fourth-order valence-corrected chi connectivity index (χ4v) is 3.57. The normalized spacial score (nSPS) is 11.1. The monoisotopic (exact) mass is 402 g/mol. The van der Waals surface area contributed by atoms with Crippen molar-refractivity contribution in [3.63, 3.8) is 0 Å². The van der Waals surface area contributed by atoms with Gasteiger partial charge in [-0.3, -0.25) is 9.52 Å². The second-order valence-corrected chi connectivity index (χ2v) is 7.70. The van der Waals surface area contributed by atoms with E-state index in [0.29, 0.717) is 0 Å². The number of para-hydroxylation sites is 2. The van der Waals surface area contributed by atoms with Crippen LogP contribution in [0.5, 0.6) is 0 Å². The van der Waals surface area contributed by atoms with E-state index < -0.39 is 33.3 Å². The van der Waals surface area contributed by atoms with Gasteiger partial charge in [0, 0.05) is 0 Å². The summed E-state index contributed by atoms with van der Waals surface area (Å²) in [5, 5.41) is 2.14. The van der Waals surface area contributed by atoms with Crippen LogP contribution in [0.4, 0.5) is 20.2 Å². The van der Waals surface area contributed by atoms with Crippen molar-refractivity contribution >= 4 is 27.3 Å². The highest BCUT2D eigenvalue weighted by atomic mass is 32.2. The van der Waals surface area contributed by atoms with Crippen LogP contribution in [0.2, 0.25) is 0 Å². The predicted molar refractivity (Wildman–Crippen MR) is 103 cm³/mol. The molecule has 3 aromatic carbocycles. The molecule has 28 heavy (non-hydrogen) atoms. The molecular weight excluding hydrogens is 386 g/mol. The minimum Gasteiger partial charge on any atom is -0.317 e. The van der Waals surface area contributed by atoms with Crippen LogP contribution in [0.3, 0.4) is 0 Å². The average molecular weight is 402 g/mol. The Hall–Kier alpha value is -3.26. The third-order valence-electron chi connectivity index (χ3n) is 3.95. The SMILES string of the molecule is Cc1ccc(S(=O)(=O)Nc2ccccc2C(=O)Nc2c(F)cccc2F)cc1. The summed E-state index contributed by atoms with van der Waals surface area (Å²) in [5.74, 6) is -2.73. The number of amides is 1. The Morgan fingerprint density at radius 1 is 0.857 bits per heavy atom. The van der Waals surface area contributed by atoms with Crippen LogP contribution in [-0.2, 0) is 10.0 Å². The zero-order valence-electron chi connectivity index (χ0n) is 14.7. The molecule has 0 radical (unpaired) electrons. The molecule has 0 fully saturated rings. The molecular formula is C20H16F2N2O3S. The van der Waals surface area contributed by atoms with Crippen molar-refractivity contribution in [2.45, 2.75) is 11.8 Å². The molecule has 1 amide bonds. The Morgan fingerprint density at radius 2 is 1.46 bits per heavy atom. The fourth-order valence-electron chi connectivity index (χ4n) is 2.49. The second-order valence-electron chi connectivity index (χ2n) is 6.01. The molecule has 3 rings (SSSR count). The second kappa shape index (κ2) is 7.77. The van der Waals surface area contributed by atoms with E-state index in [1.54, 1.807) is 12.1 Å². The third kappa shape index (κ3) is 4.17. The Labute approximate surface area is 161 Å². The predicted octanol–water partition coefficient (Wildman–Crippen LogP) is 4.33. The van der Waals surface area contributed by atoms with Crippen LogP contribution in [0.25, 0.3) is 0 Å². The summed E-state index contributed by atoms with van der Waals surface area (Å²) in [5.41, 5.74) is 0.187. The summed E-state index contributed by atoms with van der Waals surface area (Å²) in [7, 11) is -3.95. The van der Waals surface area contributed by atoms with Crippen molar-refractivity contribution in [1.29, 1.82) is 0 Å². The summed E-state index contributed by atoms with van der Waals surface area (Å²) in [4.78, 5) is 12.5. The van der Waals surface area contributed by atoms with Crippen LogP contribution in [-0.4, -0.2) is 14.3 Å². The summed E-state index contributed by atoms with van der Waals surface area (Å²) < 4.78 is 55.1. The molecule has 2 N–H and O–H groups in total. The molecule has 0 atom stereocenters. The van der Waals surface area contributed by atoms with Crippen LogP contribution in [0, 0.1) is 18.6 Å². The maximum atomic E-state index is 13.8. The fraction of sp³-hybridized carbons (Fsp3) is 0.0500. The summed E-state index contributed by atoms with van der Waals surface area (Å²) in [6.07, 6.45) is 0. The minimum absolute atomic E-state index is 0.0164. The molecule has 0 aliphatic carbocycles. The molecule has 0 aliphatic rings. The number of aryl methyl sites for hydroxylation is 1. The Balaban J connectivity index is 1.91. The van der Waals surface area contributed by atoms with Crippen molar-refractivity contribution in [1.82, 2.24) is 0 Å². The summed E-state index contributed by atoms with van der Waals surface area (Å²) in [6.45, 7) is 1.82. The van der Waals surface area contributed by atoms with Gasteiger partial charge in [0.2, 0.25) is 0 Å².